The van der Waals surface area contributed by atoms with Gasteiger partial charge in [-0.3, -0.25) is 29.9 Å². The number of amides is 2. The highest BCUT2D eigenvalue weighted by Gasteiger charge is 2.34. The van der Waals surface area contributed by atoms with E-state index in [4.69, 9.17) is 17.0 Å². The number of hydrogen-bond donors (Lipinski definition) is 1. The van der Waals surface area contributed by atoms with E-state index in [1.54, 1.807) is 48.5 Å². The van der Waals surface area contributed by atoms with E-state index in [1.807, 2.05) is 19.1 Å². The van der Waals surface area contributed by atoms with Crippen LogP contribution in [0, 0.1) is 10.1 Å². The van der Waals surface area contributed by atoms with Gasteiger partial charge in [0, 0.05) is 17.7 Å². The van der Waals surface area contributed by atoms with E-state index in [9.17, 15) is 19.7 Å². The minimum atomic E-state index is -0.591. The van der Waals surface area contributed by atoms with Crippen LogP contribution in [0.3, 0.4) is 0 Å². The zero-order chi connectivity index (χ0) is 24.9. The lowest BCUT2D eigenvalue weighted by atomic mass is 10.1. The molecule has 0 saturated carbocycles. The van der Waals surface area contributed by atoms with Crippen LogP contribution >= 0.6 is 12.2 Å². The summed E-state index contributed by atoms with van der Waals surface area (Å²) in [5, 5.41) is 13.4. The molecule has 3 aromatic rings. The number of non-ortho nitro benzene ring substituents is 1. The molecule has 1 heterocycles. The third-order valence-corrected chi connectivity index (χ3v) is 5.75. The van der Waals surface area contributed by atoms with E-state index in [0.717, 1.165) is 17.5 Å². The molecule has 0 aromatic heterocycles. The third kappa shape index (κ3) is 5.25. The SMILES string of the molecule is CCc1ccc(N2C(=O)/C(=C/c3ccccc3OCc3ccc([N+](=O)[O-])cc3)C(=O)NC2=S)cc1. The van der Waals surface area contributed by atoms with Crippen molar-refractivity contribution in [2.24, 2.45) is 0 Å². The number of rotatable bonds is 7. The highest BCUT2D eigenvalue weighted by Crippen LogP contribution is 2.26. The highest BCUT2D eigenvalue weighted by atomic mass is 32.1. The van der Waals surface area contributed by atoms with Crippen molar-refractivity contribution in [2.45, 2.75) is 20.0 Å². The first-order valence-corrected chi connectivity index (χ1v) is 11.2. The Kier molecular flexibility index (Phi) is 6.98. The number of carbonyl (C=O) groups excluding carboxylic acids is 2. The molecular formula is C26H21N3O5S. The number of thiocarbonyl (C=S) groups is 1. The van der Waals surface area contributed by atoms with Crippen molar-refractivity contribution in [3.8, 4) is 5.75 Å². The largest absolute Gasteiger partial charge is 0.488 e. The average Bonchev–Trinajstić information content (AvgIpc) is 2.86. The van der Waals surface area contributed by atoms with Crippen LogP contribution in [-0.4, -0.2) is 21.9 Å². The van der Waals surface area contributed by atoms with Crippen molar-refractivity contribution in [3.63, 3.8) is 0 Å². The molecule has 0 aliphatic carbocycles. The van der Waals surface area contributed by atoms with Gasteiger partial charge in [0.05, 0.1) is 10.6 Å². The van der Waals surface area contributed by atoms with Crippen LogP contribution in [-0.2, 0) is 22.6 Å². The molecule has 8 nitrogen and oxygen atoms in total. The summed E-state index contributed by atoms with van der Waals surface area (Å²) in [6.45, 7) is 2.19. The molecule has 1 saturated heterocycles. The summed E-state index contributed by atoms with van der Waals surface area (Å²) < 4.78 is 5.90. The predicted octanol–water partition coefficient (Wildman–Crippen LogP) is 4.57. The van der Waals surface area contributed by atoms with E-state index in [0.29, 0.717) is 17.0 Å². The van der Waals surface area contributed by atoms with Crippen molar-refractivity contribution in [1.82, 2.24) is 5.32 Å². The second kappa shape index (κ2) is 10.3. The van der Waals surface area contributed by atoms with Gasteiger partial charge >= 0.3 is 0 Å². The van der Waals surface area contributed by atoms with Crippen molar-refractivity contribution >= 4 is 46.6 Å². The Morgan fingerprint density at radius 3 is 2.31 bits per heavy atom. The first-order chi connectivity index (χ1) is 16.9. The Morgan fingerprint density at radius 1 is 1.00 bits per heavy atom. The summed E-state index contributed by atoms with van der Waals surface area (Å²) >= 11 is 5.27. The van der Waals surface area contributed by atoms with Crippen LogP contribution in [0.2, 0.25) is 0 Å². The molecule has 4 rings (SSSR count). The third-order valence-electron chi connectivity index (χ3n) is 5.46. The second-order valence-corrected chi connectivity index (χ2v) is 8.11. The van der Waals surface area contributed by atoms with Crippen LogP contribution in [0.25, 0.3) is 6.08 Å². The van der Waals surface area contributed by atoms with E-state index < -0.39 is 16.7 Å². The molecule has 0 radical (unpaired) electrons. The van der Waals surface area contributed by atoms with Gasteiger partial charge in [0.1, 0.15) is 17.9 Å². The average molecular weight is 488 g/mol. The molecule has 2 amide bonds. The maximum Gasteiger partial charge on any atom is 0.270 e. The lowest BCUT2D eigenvalue weighted by Crippen LogP contribution is -2.54. The number of aryl methyl sites for hydroxylation is 1. The fraction of sp³-hybridized carbons (Fsp3) is 0.115. The van der Waals surface area contributed by atoms with Crippen molar-refractivity contribution in [3.05, 3.63) is 105 Å². The van der Waals surface area contributed by atoms with Crippen molar-refractivity contribution in [2.75, 3.05) is 4.90 Å². The van der Waals surface area contributed by atoms with Crippen LogP contribution in [0.1, 0.15) is 23.6 Å². The molecule has 1 aliphatic rings. The van der Waals surface area contributed by atoms with Gasteiger partial charge in [0.2, 0.25) is 0 Å². The van der Waals surface area contributed by atoms with Gasteiger partial charge in [-0.05, 0) is 66.2 Å². The molecule has 1 fully saturated rings. The topological polar surface area (TPSA) is 102 Å². The number of nitro groups is 1. The van der Waals surface area contributed by atoms with Gasteiger partial charge in [-0.15, -0.1) is 0 Å². The summed E-state index contributed by atoms with van der Waals surface area (Å²) in [4.78, 5) is 37.6. The van der Waals surface area contributed by atoms with Crippen molar-refractivity contribution in [1.29, 1.82) is 0 Å². The van der Waals surface area contributed by atoms with E-state index >= 15 is 0 Å². The minimum absolute atomic E-state index is 0.00694. The Balaban J connectivity index is 1.59. The Labute approximate surface area is 207 Å². The minimum Gasteiger partial charge on any atom is -0.488 e. The quantitative estimate of drug-likeness (QED) is 0.172. The lowest BCUT2D eigenvalue weighted by Gasteiger charge is -2.29. The molecule has 0 unspecified atom stereocenters. The zero-order valence-corrected chi connectivity index (χ0v) is 19.6. The van der Waals surface area contributed by atoms with Crippen LogP contribution in [0.15, 0.2) is 78.4 Å². The summed E-state index contributed by atoms with van der Waals surface area (Å²) in [6, 6.07) is 20.4. The molecule has 1 N–H and O–H groups in total. The fourth-order valence-electron chi connectivity index (χ4n) is 3.53. The normalized spacial score (nSPS) is 14.7. The highest BCUT2D eigenvalue weighted by molar-refractivity contribution is 7.80. The Hall–Kier alpha value is -4.37. The van der Waals surface area contributed by atoms with Gasteiger partial charge in [0.15, 0.2) is 5.11 Å². The number of hydrogen-bond acceptors (Lipinski definition) is 6. The number of nitrogens with zero attached hydrogens (tertiary/aromatic N) is 2. The Morgan fingerprint density at radius 2 is 1.66 bits per heavy atom. The standard InChI is InChI=1S/C26H21N3O5S/c1-2-17-7-11-20(12-8-17)28-25(31)22(24(30)27-26(28)35)15-19-5-3-4-6-23(19)34-16-18-9-13-21(14-10-18)29(32)33/h3-15H,2,16H2,1H3,(H,27,30,35)/b22-15+. The first kappa shape index (κ1) is 23.8. The van der Waals surface area contributed by atoms with E-state index in [-0.39, 0.29) is 23.0 Å². The van der Waals surface area contributed by atoms with Gasteiger partial charge in [-0.2, -0.15) is 0 Å². The van der Waals surface area contributed by atoms with Gasteiger partial charge < -0.3 is 4.74 Å². The molecule has 3 aromatic carbocycles. The zero-order valence-electron chi connectivity index (χ0n) is 18.8. The maximum absolute atomic E-state index is 13.3. The maximum atomic E-state index is 13.3. The number of benzene rings is 3. The van der Waals surface area contributed by atoms with Crippen molar-refractivity contribution < 1.29 is 19.2 Å². The molecule has 35 heavy (non-hydrogen) atoms. The summed E-state index contributed by atoms with van der Waals surface area (Å²) in [5.74, 6) is -0.675. The number of para-hydroxylation sites is 1. The molecular weight excluding hydrogens is 466 g/mol. The van der Waals surface area contributed by atoms with Gasteiger partial charge in [0.25, 0.3) is 17.5 Å². The van der Waals surface area contributed by atoms with Crippen LogP contribution in [0.4, 0.5) is 11.4 Å². The molecule has 1 aliphatic heterocycles. The monoisotopic (exact) mass is 487 g/mol. The molecule has 9 heteroatoms. The summed E-state index contributed by atoms with van der Waals surface area (Å²) in [7, 11) is 0. The number of carbonyl (C=O) groups is 2. The molecule has 0 bridgehead atoms. The molecule has 0 spiro atoms. The van der Waals surface area contributed by atoms with E-state index in [2.05, 4.69) is 5.32 Å². The molecule has 0 atom stereocenters. The first-order valence-electron chi connectivity index (χ1n) is 10.8. The van der Waals surface area contributed by atoms with Crippen LogP contribution < -0.4 is 15.0 Å². The van der Waals surface area contributed by atoms with Gasteiger partial charge in [-0.25, -0.2) is 0 Å². The molecule has 176 valence electrons. The summed E-state index contributed by atoms with van der Waals surface area (Å²) in [5.41, 5.74) is 2.85. The number of anilines is 1. The number of ether oxygens (including phenoxy) is 1. The Bertz CT molecular complexity index is 1330. The van der Waals surface area contributed by atoms with E-state index in [1.165, 1.54) is 23.1 Å². The predicted molar refractivity (Wildman–Crippen MR) is 136 cm³/mol. The smallest absolute Gasteiger partial charge is 0.270 e. The number of nitrogens with one attached hydrogen (secondary N) is 1. The lowest BCUT2D eigenvalue weighted by molar-refractivity contribution is -0.384. The van der Waals surface area contributed by atoms with Crippen LogP contribution in [0.5, 0.6) is 5.75 Å². The van der Waals surface area contributed by atoms with Gasteiger partial charge in [-0.1, -0.05) is 37.3 Å². The fourth-order valence-corrected chi connectivity index (χ4v) is 3.82. The number of nitro benzene ring substituents is 1. The second-order valence-electron chi connectivity index (χ2n) is 7.73. The summed E-state index contributed by atoms with van der Waals surface area (Å²) in [6.07, 6.45) is 2.33.